The highest BCUT2D eigenvalue weighted by Crippen LogP contribution is 2.44. The molecule has 0 spiro atoms. The summed E-state index contributed by atoms with van der Waals surface area (Å²) in [5, 5.41) is 11.9. The molecule has 17 heavy (non-hydrogen) atoms. The first-order valence-electron chi connectivity index (χ1n) is 6.01. The number of nitriles is 1. The predicted molar refractivity (Wildman–Crippen MR) is 66.6 cm³/mol. The third-order valence-corrected chi connectivity index (χ3v) is 3.21. The Bertz CT molecular complexity index is 401. The Morgan fingerprint density at radius 2 is 2.06 bits per heavy atom. The average Bonchev–Trinajstić information content (AvgIpc) is 3.06. The van der Waals surface area contributed by atoms with E-state index < -0.39 is 0 Å². The normalized spacial score (nSPS) is 16.2. The average molecular weight is 230 g/mol. The minimum absolute atomic E-state index is 0.107. The molecule has 1 aliphatic rings. The van der Waals surface area contributed by atoms with Gasteiger partial charge in [0.05, 0.1) is 0 Å². The molecule has 0 atom stereocenters. The quantitative estimate of drug-likeness (QED) is 0.816. The second kappa shape index (κ2) is 5.20. The van der Waals surface area contributed by atoms with Crippen molar-refractivity contribution < 1.29 is 4.74 Å². The molecule has 1 aromatic rings. The zero-order chi connectivity index (χ0) is 12.1. The van der Waals surface area contributed by atoms with Crippen LogP contribution in [0.1, 0.15) is 25.3 Å². The van der Waals surface area contributed by atoms with Crippen LogP contribution in [0.4, 0.5) is 0 Å². The van der Waals surface area contributed by atoms with Crippen molar-refractivity contribution in [3.8, 4) is 11.8 Å². The first-order chi connectivity index (χ1) is 8.22. The van der Waals surface area contributed by atoms with Crippen LogP contribution in [0.25, 0.3) is 0 Å². The first-order valence-corrected chi connectivity index (χ1v) is 6.01. The van der Waals surface area contributed by atoms with Crippen molar-refractivity contribution >= 4 is 0 Å². The number of ether oxygens (including phenoxy) is 1. The lowest BCUT2D eigenvalue weighted by molar-refractivity contribution is 0.368. The highest BCUT2D eigenvalue weighted by atomic mass is 16.5. The van der Waals surface area contributed by atoms with Crippen molar-refractivity contribution in [1.29, 1.82) is 5.26 Å². The van der Waals surface area contributed by atoms with Gasteiger partial charge in [0.15, 0.2) is 6.61 Å². The van der Waals surface area contributed by atoms with E-state index in [2.05, 4.69) is 12.2 Å². The molecular formula is C14H18N2O. The zero-order valence-corrected chi connectivity index (χ0v) is 10.2. The Labute approximate surface area is 102 Å². The molecule has 0 unspecified atom stereocenters. The van der Waals surface area contributed by atoms with Gasteiger partial charge in [0.2, 0.25) is 0 Å². The highest BCUT2D eigenvalue weighted by molar-refractivity contribution is 5.27. The largest absolute Gasteiger partial charge is 0.479 e. The third-order valence-electron chi connectivity index (χ3n) is 3.21. The Morgan fingerprint density at radius 3 is 2.65 bits per heavy atom. The molecule has 1 aromatic carbocycles. The lowest BCUT2D eigenvalue weighted by Gasteiger charge is -2.10. The minimum Gasteiger partial charge on any atom is -0.479 e. The van der Waals surface area contributed by atoms with Crippen LogP contribution in [0, 0.1) is 16.7 Å². The van der Waals surface area contributed by atoms with E-state index in [4.69, 9.17) is 10.00 Å². The second-order valence-corrected chi connectivity index (χ2v) is 5.00. The standard InChI is InChI=1S/C14H18N2O/c1-14(6-7-14)11-16-10-12-2-4-13(5-3-12)17-9-8-15/h2-5,16H,6-7,9-11H2,1H3. The lowest BCUT2D eigenvalue weighted by atomic mass is 10.1. The summed E-state index contributed by atoms with van der Waals surface area (Å²) in [6.07, 6.45) is 2.70. The van der Waals surface area contributed by atoms with E-state index >= 15 is 0 Å². The summed E-state index contributed by atoms with van der Waals surface area (Å²) in [7, 11) is 0. The van der Waals surface area contributed by atoms with Crippen LogP contribution in [0.2, 0.25) is 0 Å². The molecule has 3 nitrogen and oxygen atoms in total. The van der Waals surface area contributed by atoms with E-state index in [1.165, 1.54) is 18.4 Å². The number of hydrogen-bond acceptors (Lipinski definition) is 3. The molecule has 0 radical (unpaired) electrons. The van der Waals surface area contributed by atoms with Gasteiger partial charge in [-0.1, -0.05) is 19.1 Å². The van der Waals surface area contributed by atoms with Gasteiger partial charge in [0, 0.05) is 13.1 Å². The molecule has 2 rings (SSSR count). The van der Waals surface area contributed by atoms with Gasteiger partial charge in [-0.25, -0.2) is 0 Å². The Balaban J connectivity index is 1.75. The summed E-state index contributed by atoms with van der Waals surface area (Å²) in [6.45, 7) is 4.42. The minimum atomic E-state index is 0.107. The maximum Gasteiger partial charge on any atom is 0.174 e. The molecule has 1 aliphatic carbocycles. The van der Waals surface area contributed by atoms with Gasteiger partial charge >= 0.3 is 0 Å². The molecule has 0 aromatic heterocycles. The number of nitrogens with one attached hydrogen (secondary N) is 1. The summed E-state index contributed by atoms with van der Waals surface area (Å²) in [5.41, 5.74) is 1.80. The van der Waals surface area contributed by atoms with Gasteiger partial charge in [-0.3, -0.25) is 0 Å². The van der Waals surface area contributed by atoms with E-state index in [-0.39, 0.29) is 6.61 Å². The predicted octanol–water partition coefficient (Wildman–Crippen LogP) is 2.48. The lowest BCUT2D eigenvalue weighted by Crippen LogP contribution is -2.21. The summed E-state index contributed by atoms with van der Waals surface area (Å²) in [4.78, 5) is 0. The smallest absolute Gasteiger partial charge is 0.174 e. The van der Waals surface area contributed by atoms with Crippen LogP contribution in [0.15, 0.2) is 24.3 Å². The first kappa shape index (κ1) is 11.9. The van der Waals surface area contributed by atoms with Crippen LogP contribution < -0.4 is 10.1 Å². The van der Waals surface area contributed by atoms with Crippen LogP contribution >= 0.6 is 0 Å². The number of benzene rings is 1. The van der Waals surface area contributed by atoms with E-state index in [1.54, 1.807) is 0 Å². The summed E-state index contributed by atoms with van der Waals surface area (Å²) in [5.74, 6) is 0.754. The fourth-order valence-corrected chi connectivity index (χ4v) is 1.72. The van der Waals surface area contributed by atoms with Gasteiger partial charge in [-0.2, -0.15) is 5.26 Å². The Morgan fingerprint density at radius 1 is 1.35 bits per heavy atom. The Hall–Kier alpha value is -1.53. The monoisotopic (exact) mass is 230 g/mol. The van der Waals surface area contributed by atoms with Gasteiger partial charge < -0.3 is 10.1 Å². The maximum atomic E-state index is 8.40. The van der Waals surface area contributed by atoms with Gasteiger partial charge in [0.1, 0.15) is 11.8 Å². The summed E-state index contributed by atoms with van der Waals surface area (Å²) >= 11 is 0. The van der Waals surface area contributed by atoms with Crippen LogP contribution in [0.3, 0.4) is 0 Å². The molecule has 0 heterocycles. The van der Waals surface area contributed by atoms with E-state index in [1.807, 2.05) is 30.3 Å². The van der Waals surface area contributed by atoms with E-state index in [0.717, 1.165) is 18.8 Å². The van der Waals surface area contributed by atoms with Gasteiger partial charge in [-0.15, -0.1) is 0 Å². The van der Waals surface area contributed by atoms with Gasteiger partial charge in [-0.05, 0) is 36.0 Å². The second-order valence-electron chi connectivity index (χ2n) is 5.00. The van der Waals surface area contributed by atoms with Crippen molar-refractivity contribution in [1.82, 2.24) is 5.32 Å². The van der Waals surface area contributed by atoms with Crippen molar-refractivity contribution in [3.63, 3.8) is 0 Å². The fourth-order valence-electron chi connectivity index (χ4n) is 1.72. The third kappa shape index (κ3) is 3.76. The maximum absolute atomic E-state index is 8.40. The van der Waals surface area contributed by atoms with Crippen molar-refractivity contribution in [2.45, 2.75) is 26.3 Å². The molecule has 0 bridgehead atoms. The Kier molecular flexibility index (Phi) is 3.65. The van der Waals surface area contributed by atoms with Crippen molar-refractivity contribution in [2.24, 2.45) is 5.41 Å². The van der Waals surface area contributed by atoms with Crippen LogP contribution in [-0.2, 0) is 6.54 Å². The van der Waals surface area contributed by atoms with Gasteiger partial charge in [0.25, 0.3) is 0 Å². The fraction of sp³-hybridized carbons (Fsp3) is 0.500. The highest BCUT2D eigenvalue weighted by Gasteiger charge is 2.36. The summed E-state index contributed by atoms with van der Waals surface area (Å²) in [6, 6.07) is 9.85. The molecule has 90 valence electrons. The van der Waals surface area contributed by atoms with Crippen molar-refractivity contribution in [3.05, 3.63) is 29.8 Å². The number of rotatable bonds is 6. The molecule has 1 N–H and O–H groups in total. The molecular weight excluding hydrogens is 212 g/mol. The molecule has 1 fully saturated rings. The van der Waals surface area contributed by atoms with E-state index in [0.29, 0.717) is 5.41 Å². The van der Waals surface area contributed by atoms with Crippen LogP contribution in [-0.4, -0.2) is 13.2 Å². The number of nitrogens with zero attached hydrogens (tertiary/aromatic N) is 1. The number of hydrogen-bond donors (Lipinski definition) is 1. The molecule has 3 heteroatoms. The molecule has 0 amide bonds. The summed E-state index contributed by atoms with van der Waals surface area (Å²) < 4.78 is 5.20. The molecule has 0 saturated heterocycles. The topological polar surface area (TPSA) is 45.0 Å². The zero-order valence-electron chi connectivity index (χ0n) is 10.2. The van der Waals surface area contributed by atoms with E-state index in [9.17, 15) is 0 Å². The van der Waals surface area contributed by atoms with Crippen molar-refractivity contribution in [2.75, 3.05) is 13.2 Å². The van der Waals surface area contributed by atoms with Crippen LogP contribution in [0.5, 0.6) is 5.75 Å². The molecule has 0 aliphatic heterocycles. The molecule has 1 saturated carbocycles. The SMILES string of the molecule is CC1(CNCc2ccc(OCC#N)cc2)CC1.